The zero-order valence-corrected chi connectivity index (χ0v) is 20.3. The Morgan fingerprint density at radius 2 is 1.72 bits per heavy atom. The van der Waals surface area contributed by atoms with Crippen LogP contribution >= 0.6 is 0 Å². The molecule has 0 radical (unpaired) electrons. The van der Waals surface area contributed by atoms with Gasteiger partial charge in [0.1, 0.15) is 0 Å². The molecule has 0 fully saturated rings. The molecule has 1 aromatic carbocycles. The summed E-state index contributed by atoms with van der Waals surface area (Å²) < 4.78 is 30.2. The number of fused-ring (bicyclic) bond motifs is 2. The summed E-state index contributed by atoms with van der Waals surface area (Å²) in [6.07, 6.45) is 4.76. The monoisotopic (exact) mass is 461 g/mol. The molecular formula is C23H35N5O3S. The predicted octanol–water partition coefficient (Wildman–Crippen LogP) is 2.21. The Labute approximate surface area is 191 Å². The van der Waals surface area contributed by atoms with Gasteiger partial charge in [0, 0.05) is 24.0 Å². The van der Waals surface area contributed by atoms with Crippen LogP contribution in [0.1, 0.15) is 60.6 Å². The highest BCUT2D eigenvalue weighted by molar-refractivity contribution is 7.89. The molecule has 2 aliphatic carbocycles. The maximum absolute atomic E-state index is 13.0. The molecule has 0 saturated carbocycles. The topological polar surface area (TPSA) is 99.5 Å². The van der Waals surface area contributed by atoms with Gasteiger partial charge in [-0.1, -0.05) is 19.9 Å². The van der Waals surface area contributed by atoms with Crippen molar-refractivity contribution in [2.45, 2.75) is 76.2 Å². The number of aryl methyl sites for hydroxylation is 2. The molecule has 8 nitrogen and oxygen atoms in total. The average Bonchev–Trinajstić information content (AvgIpc) is 3.44. The third-order valence-electron chi connectivity index (χ3n) is 6.44. The van der Waals surface area contributed by atoms with E-state index < -0.39 is 16.4 Å². The SMILES string of the molecule is CC(C)c1cc(S(=O)(=O)NC(O)Nc2c3c(cc4c2CCC4)CCC3)nn1CCN(C)C. The van der Waals surface area contributed by atoms with E-state index in [0.717, 1.165) is 56.5 Å². The zero-order valence-electron chi connectivity index (χ0n) is 19.5. The van der Waals surface area contributed by atoms with Crippen LogP contribution in [0.15, 0.2) is 17.2 Å². The molecule has 176 valence electrons. The minimum absolute atomic E-state index is 0.0654. The molecule has 0 spiro atoms. The van der Waals surface area contributed by atoms with E-state index in [1.165, 1.54) is 22.3 Å². The van der Waals surface area contributed by atoms with Gasteiger partial charge in [0.05, 0.1) is 6.54 Å². The van der Waals surface area contributed by atoms with E-state index in [2.05, 4.69) is 21.2 Å². The van der Waals surface area contributed by atoms with Crippen LogP contribution in [-0.2, 0) is 42.3 Å². The predicted molar refractivity (Wildman–Crippen MR) is 125 cm³/mol. The lowest BCUT2D eigenvalue weighted by Crippen LogP contribution is -2.40. The van der Waals surface area contributed by atoms with Crippen molar-refractivity contribution in [3.63, 3.8) is 0 Å². The lowest BCUT2D eigenvalue weighted by atomic mass is 9.99. The second kappa shape index (κ2) is 9.13. The minimum Gasteiger partial charge on any atom is -0.360 e. The Kier molecular flexibility index (Phi) is 6.63. The minimum atomic E-state index is -3.99. The fourth-order valence-electron chi connectivity index (χ4n) is 4.84. The summed E-state index contributed by atoms with van der Waals surface area (Å²) in [7, 11) is -0.0513. The number of nitrogens with one attached hydrogen (secondary N) is 2. The summed E-state index contributed by atoms with van der Waals surface area (Å²) in [6.45, 7) is 5.38. The van der Waals surface area contributed by atoms with Crippen molar-refractivity contribution in [2.75, 3.05) is 26.0 Å². The van der Waals surface area contributed by atoms with Crippen molar-refractivity contribution >= 4 is 15.7 Å². The van der Waals surface area contributed by atoms with Crippen LogP contribution in [0.5, 0.6) is 0 Å². The maximum atomic E-state index is 13.0. The van der Waals surface area contributed by atoms with Gasteiger partial charge < -0.3 is 15.3 Å². The third-order valence-corrected chi connectivity index (χ3v) is 7.72. The van der Waals surface area contributed by atoms with Crippen molar-refractivity contribution < 1.29 is 13.5 Å². The Bertz CT molecular complexity index is 1060. The lowest BCUT2D eigenvalue weighted by Gasteiger charge is -2.21. The van der Waals surface area contributed by atoms with Gasteiger partial charge in [-0.15, -0.1) is 0 Å². The van der Waals surface area contributed by atoms with Crippen LogP contribution in [0.4, 0.5) is 5.69 Å². The van der Waals surface area contributed by atoms with Crippen molar-refractivity contribution in [1.29, 1.82) is 0 Å². The van der Waals surface area contributed by atoms with Crippen LogP contribution in [0.3, 0.4) is 0 Å². The number of rotatable bonds is 9. The van der Waals surface area contributed by atoms with E-state index in [1.54, 1.807) is 10.7 Å². The molecule has 2 aromatic rings. The van der Waals surface area contributed by atoms with Crippen molar-refractivity contribution in [3.8, 4) is 0 Å². The summed E-state index contributed by atoms with van der Waals surface area (Å²) in [4.78, 5) is 2.03. The van der Waals surface area contributed by atoms with E-state index >= 15 is 0 Å². The Morgan fingerprint density at radius 1 is 1.09 bits per heavy atom. The van der Waals surface area contributed by atoms with Crippen LogP contribution in [0, 0.1) is 0 Å². The second-order valence-corrected chi connectivity index (χ2v) is 11.2. The first-order chi connectivity index (χ1) is 15.2. The fraction of sp³-hybridized carbons (Fsp3) is 0.609. The maximum Gasteiger partial charge on any atom is 0.263 e. The molecule has 1 atom stereocenters. The number of aliphatic hydroxyl groups is 1. The van der Waals surface area contributed by atoms with Gasteiger partial charge in [0.2, 0.25) is 0 Å². The smallest absolute Gasteiger partial charge is 0.263 e. The Balaban J connectivity index is 1.54. The van der Waals surface area contributed by atoms with E-state index in [9.17, 15) is 13.5 Å². The number of hydrogen-bond acceptors (Lipinski definition) is 6. The van der Waals surface area contributed by atoms with Gasteiger partial charge >= 0.3 is 0 Å². The molecule has 0 aliphatic heterocycles. The first kappa shape index (κ1) is 23.2. The largest absolute Gasteiger partial charge is 0.360 e. The summed E-state index contributed by atoms with van der Waals surface area (Å²) in [5.74, 6) is 0.131. The second-order valence-electron chi connectivity index (χ2n) is 9.49. The quantitative estimate of drug-likeness (QED) is 0.495. The first-order valence-electron chi connectivity index (χ1n) is 11.5. The van der Waals surface area contributed by atoms with Gasteiger partial charge in [-0.05, 0) is 80.8 Å². The highest BCUT2D eigenvalue weighted by Crippen LogP contribution is 2.38. The van der Waals surface area contributed by atoms with E-state index in [-0.39, 0.29) is 10.9 Å². The number of likely N-dealkylation sites (N-methyl/N-ethyl adjacent to an activating group) is 1. The molecule has 1 unspecified atom stereocenters. The molecule has 0 amide bonds. The van der Waals surface area contributed by atoms with Crippen LogP contribution < -0.4 is 10.0 Å². The fourth-order valence-corrected chi connectivity index (χ4v) is 5.80. The highest BCUT2D eigenvalue weighted by Gasteiger charge is 2.28. The van der Waals surface area contributed by atoms with Crippen LogP contribution in [0.25, 0.3) is 0 Å². The molecule has 0 saturated heterocycles. The number of sulfonamides is 1. The average molecular weight is 462 g/mol. The van der Waals surface area contributed by atoms with E-state index in [1.807, 2.05) is 32.8 Å². The van der Waals surface area contributed by atoms with Crippen molar-refractivity contribution in [1.82, 2.24) is 19.4 Å². The normalized spacial score (nSPS) is 16.6. The number of hydrogen-bond donors (Lipinski definition) is 3. The molecule has 4 rings (SSSR count). The Morgan fingerprint density at radius 3 is 2.28 bits per heavy atom. The van der Waals surface area contributed by atoms with Gasteiger partial charge in [-0.2, -0.15) is 9.82 Å². The zero-order chi connectivity index (χ0) is 23.0. The highest BCUT2D eigenvalue weighted by atomic mass is 32.2. The molecule has 9 heteroatoms. The molecule has 3 N–H and O–H groups in total. The van der Waals surface area contributed by atoms with E-state index in [4.69, 9.17) is 0 Å². The van der Waals surface area contributed by atoms with Crippen molar-refractivity contribution in [2.24, 2.45) is 0 Å². The lowest BCUT2D eigenvalue weighted by molar-refractivity contribution is 0.192. The molecule has 1 aromatic heterocycles. The van der Waals surface area contributed by atoms with Gasteiger partial charge in [-0.3, -0.25) is 4.68 Å². The molecule has 32 heavy (non-hydrogen) atoms. The number of benzene rings is 1. The summed E-state index contributed by atoms with van der Waals surface area (Å²) in [5, 5.41) is 18.0. The number of aliphatic hydroxyl groups excluding tert-OH is 1. The number of nitrogens with zero attached hydrogens (tertiary/aromatic N) is 3. The van der Waals surface area contributed by atoms with Crippen LogP contribution in [0.2, 0.25) is 0 Å². The summed E-state index contributed by atoms with van der Waals surface area (Å²) in [5.41, 5.74) is 6.86. The van der Waals surface area contributed by atoms with Gasteiger partial charge in [-0.25, -0.2) is 8.42 Å². The molecule has 2 aliphatic rings. The Hall–Kier alpha value is -1.94. The summed E-state index contributed by atoms with van der Waals surface area (Å²) in [6, 6.07) is 3.91. The first-order valence-corrected chi connectivity index (χ1v) is 13.0. The van der Waals surface area contributed by atoms with E-state index in [0.29, 0.717) is 6.54 Å². The third kappa shape index (κ3) is 4.71. The molecule has 0 bridgehead atoms. The van der Waals surface area contributed by atoms with Gasteiger partial charge in [0.25, 0.3) is 10.0 Å². The number of anilines is 1. The molecular weight excluding hydrogens is 426 g/mol. The standard InChI is InChI=1S/C23H35N5O3S/c1-15(2)20-14-21(25-28(20)12-11-27(3)4)32(30,31)26-23(29)24-22-18-9-5-7-16(18)13-17-8-6-10-19(17)22/h13-15,23-24,26,29H,5-12H2,1-4H3. The molecule has 1 heterocycles. The van der Waals surface area contributed by atoms with Crippen molar-refractivity contribution in [3.05, 3.63) is 40.1 Å². The van der Waals surface area contributed by atoms with Crippen LogP contribution in [-0.4, -0.2) is 55.2 Å². The summed E-state index contributed by atoms with van der Waals surface area (Å²) >= 11 is 0. The van der Waals surface area contributed by atoms with Gasteiger partial charge in [0.15, 0.2) is 11.4 Å². The number of aromatic nitrogens is 2.